The molecule has 0 unspecified atom stereocenters. The fourth-order valence-electron chi connectivity index (χ4n) is 2.29. The van der Waals surface area contributed by atoms with Crippen molar-refractivity contribution in [3.63, 3.8) is 0 Å². The molecule has 0 aliphatic rings. The van der Waals surface area contributed by atoms with E-state index in [1.54, 1.807) is 35.3 Å². The normalized spacial score (nSPS) is 11.3. The van der Waals surface area contributed by atoms with Crippen LogP contribution in [0, 0.1) is 0 Å². The van der Waals surface area contributed by atoms with Gasteiger partial charge < -0.3 is 4.74 Å². The van der Waals surface area contributed by atoms with Crippen LogP contribution in [0.15, 0.2) is 58.4 Å². The molecule has 25 heavy (non-hydrogen) atoms. The number of hydrogen-bond acceptors (Lipinski definition) is 5. The van der Waals surface area contributed by atoms with Crippen molar-refractivity contribution in [3.05, 3.63) is 53.5 Å². The lowest BCUT2D eigenvalue weighted by Crippen LogP contribution is -2.14. The second kappa shape index (κ2) is 6.85. The average molecular weight is 423 g/mol. The topological polar surface area (TPSA) is 86.1 Å². The zero-order valence-corrected chi connectivity index (χ0v) is 15.9. The lowest BCUT2D eigenvalue weighted by atomic mass is 10.1. The number of aryl methyl sites for hydroxylation is 1. The minimum absolute atomic E-state index is 0.0381. The summed E-state index contributed by atoms with van der Waals surface area (Å²) in [6.07, 6.45) is 6.61. The molecule has 0 bridgehead atoms. The quantitative estimate of drug-likeness (QED) is 0.682. The summed E-state index contributed by atoms with van der Waals surface area (Å²) < 4.78 is 35.4. The van der Waals surface area contributed by atoms with Gasteiger partial charge in [-0.25, -0.2) is 8.42 Å². The molecule has 0 radical (unpaired) electrons. The molecule has 0 spiro atoms. The molecule has 3 rings (SSSR count). The van der Waals surface area contributed by atoms with Gasteiger partial charge in [0.2, 0.25) is 0 Å². The van der Waals surface area contributed by atoms with Crippen molar-refractivity contribution in [1.29, 1.82) is 0 Å². The largest absolute Gasteiger partial charge is 0.495 e. The first-order valence-electron chi connectivity index (χ1n) is 7.19. The maximum Gasteiger partial charge on any atom is 0.265 e. The summed E-state index contributed by atoms with van der Waals surface area (Å²) in [4.78, 5) is 4.14. The van der Waals surface area contributed by atoms with E-state index in [9.17, 15) is 8.42 Å². The number of benzene rings is 1. The lowest BCUT2D eigenvalue weighted by Gasteiger charge is -2.12. The van der Waals surface area contributed by atoms with Gasteiger partial charge in [-0.05, 0) is 24.3 Å². The third-order valence-corrected chi connectivity index (χ3v) is 5.34. The zero-order chi connectivity index (χ0) is 18.0. The van der Waals surface area contributed by atoms with E-state index in [2.05, 4.69) is 30.7 Å². The van der Waals surface area contributed by atoms with Crippen molar-refractivity contribution in [2.24, 2.45) is 7.05 Å². The molecule has 3 aromatic rings. The van der Waals surface area contributed by atoms with Crippen LogP contribution in [0.1, 0.15) is 0 Å². The van der Waals surface area contributed by atoms with Gasteiger partial charge >= 0.3 is 0 Å². The molecule has 130 valence electrons. The summed E-state index contributed by atoms with van der Waals surface area (Å²) in [5.74, 6) is 0.257. The summed E-state index contributed by atoms with van der Waals surface area (Å²) in [5, 5.41) is 4.11. The number of rotatable bonds is 5. The van der Waals surface area contributed by atoms with Gasteiger partial charge in [-0.1, -0.05) is 15.9 Å². The number of methoxy groups -OCH3 is 1. The zero-order valence-electron chi connectivity index (χ0n) is 13.5. The summed E-state index contributed by atoms with van der Waals surface area (Å²) in [5.41, 5.74) is 1.95. The highest BCUT2D eigenvalue weighted by molar-refractivity contribution is 9.10. The third kappa shape index (κ3) is 3.83. The predicted octanol–water partition coefficient (Wildman–Crippen LogP) is 3.05. The first-order chi connectivity index (χ1) is 11.9. The van der Waals surface area contributed by atoms with Crippen molar-refractivity contribution in [2.45, 2.75) is 4.90 Å². The number of hydrogen-bond donors (Lipinski definition) is 1. The molecule has 0 amide bonds. The Morgan fingerprint density at radius 3 is 2.64 bits per heavy atom. The lowest BCUT2D eigenvalue weighted by molar-refractivity contribution is 0.403. The first-order valence-corrected chi connectivity index (χ1v) is 9.47. The van der Waals surface area contributed by atoms with E-state index in [0.29, 0.717) is 10.2 Å². The van der Waals surface area contributed by atoms with Gasteiger partial charge in [0.1, 0.15) is 10.6 Å². The van der Waals surface area contributed by atoms with Gasteiger partial charge in [0.25, 0.3) is 10.0 Å². The molecule has 2 heterocycles. The van der Waals surface area contributed by atoms with E-state index >= 15 is 0 Å². The molecule has 0 saturated carbocycles. The van der Waals surface area contributed by atoms with Gasteiger partial charge in [-0.2, -0.15) is 5.10 Å². The number of nitrogens with zero attached hydrogens (tertiary/aromatic N) is 3. The molecule has 0 aliphatic heterocycles. The molecule has 7 nitrogen and oxygen atoms in total. The first kappa shape index (κ1) is 17.4. The number of ether oxygens (including phenoxy) is 1. The second-order valence-electron chi connectivity index (χ2n) is 5.27. The maximum atomic E-state index is 12.7. The molecule has 2 aromatic heterocycles. The molecular weight excluding hydrogens is 408 g/mol. The fraction of sp³-hybridized carbons (Fsp3) is 0.125. The number of anilines is 1. The van der Waals surface area contributed by atoms with E-state index in [0.717, 1.165) is 11.1 Å². The highest BCUT2D eigenvalue weighted by atomic mass is 79.9. The van der Waals surface area contributed by atoms with E-state index in [1.165, 1.54) is 19.4 Å². The van der Waals surface area contributed by atoms with Crippen molar-refractivity contribution in [2.75, 3.05) is 11.8 Å². The Kier molecular flexibility index (Phi) is 4.78. The molecule has 1 aromatic carbocycles. The number of nitrogens with one attached hydrogen (secondary N) is 1. The second-order valence-corrected chi connectivity index (χ2v) is 7.83. The monoisotopic (exact) mass is 422 g/mol. The molecule has 0 aliphatic carbocycles. The minimum atomic E-state index is -3.84. The molecular formula is C16H15BrN4O3S. The van der Waals surface area contributed by atoms with Crippen molar-refractivity contribution >= 4 is 31.6 Å². The standard InChI is InChI=1S/C16H15BrN4O3S/c1-21-10-12(8-19-21)11-5-14(9-18-7-11)20-25(22,23)16-6-13(17)3-4-15(16)24-2/h3-10,20H,1-2H3. The van der Waals surface area contributed by atoms with Gasteiger partial charge in [0.05, 0.1) is 25.2 Å². The minimum Gasteiger partial charge on any atom is -0.495 e. The Hall–Kier alpha value is -2.39. The van der Waals surface area contributed by atoms with Crippen LogP contribution in [0.4, 0.5) is 5.69 Å². The summed E-state index contributed by atoms with van der Waals surface area (Å²) >= 11 is 3.28. The van der Waals surface area contributed by atoms with Crippen LogP contribution in [0.2, 0.25) is 0 Å². The van der Waals surface area contributed by atoms with Crippen LogP contribution < -0.4 is 9.46 Å². The maximum absolute atomic E-state index is 12.7. The predicted molar refractivity (Wildman–Crippen MR) is 97.9 cm³/mol. The van der Waals surface area contributed by atoms with Crippen molar-refractivity contribution in [1.82, 2.24) is 14.8 Å². The fourth-order valence-corrected chi connectivity index (χ4v) is 4.04. The molecule has 1 N–H and O–H groups in total. The number of sulfonamides is 1. The van der Waals surface area contributed by atoms with Crippen LogP contribution in [-0.4, -0.2) is 30.3 Å². The summed E-state index contributed by atoms with van der Waals surface area (Å²) in [6, 6.07) is 6.48. The Bertz CT molecular complexity index is 1020. The van der Waals surface area contributed by atoms with Gasteiger partial charge in [-0.15, -0.1) is 0 Å². The van der Waals surface area contributed by atoms with Crippen LogP contribution in [-0.2, 0) is 17.1 Å². The highest BCUT2D eigenvalue weighted by Gasteiger charge is 2.20. The van der Waals surface area contributed by atoms with E-state index in [-0.39, 0.29) is 10.6 Å². The Morgan fingerprint density at radius 2 is 1.96 bits per heavy atom. The van der Waals surface area contributed by atoms with Crippen LogP contribution >= 0.6 is 15.9 Å². The van der Waals surface area contributed by atoms with Crippen molar-refractivity contribution in [3.8, 4) is 16.9 Å². The SMILES string of the molecule is COc1ccc(Br)cc1S(=O)(=O)Nc1cncc(-c2cnn(C)c2)c1. The Balaban J connectivity index is 1.95. The van der Waals surface area contributed by atoms with Crippen LogP contribution in [0.5, 0.6) is 5.75 Å². The number of pyridine rings is 1. The van der Waals surface area contributed by atoms with Gasteiger partial charge in [-0.3, -0.25) is 14.4 Å². The van der Waals surface area contributed by atoms with E-state index in [4.69, 9.17) is 4.74 Å². The number of aromatic nitrogens is 3. The Morgan fingerprint density at radius 1 is 1.16 bits per heavy atom. The van der Waals surface area contributed by atoms with E-state index < -0.39 is 10.0 Å². The molecule has 0 saturated heterocycles. The summed E-state index contributed by atoms with van der Waals surface area (Å²) in [7, 11) is -0.606. The molecule has 0 atom stereocenters. The summed E-state index contributed by atoms with van der Waals surface area (Å²) in [6.45, 7) is 0. The number of halogens is 1. The van der Waals surface area contributed by atoms with Gasteiger partial charge in [0.15, 0.2) is 0 Å². The van der Waals surface area contributed by atoms with E-state index in [1.807, 2.05) is 13.2 Å². The highest BCUT2D eigenvalue weighted by Crippen LogP contribution is 2.29. The average Bonchev–Trinajstić information content (AvgIpc) is 3.01. The Labute approximate surface area is 153 Å². The van der Waals surface area contributed by atoms with Crippen molar-refractivity contribution < 1.29 is 13.2 Å². The molecule has 0 fully saturated rings. The molecule has 9 heteroatoms. The van der Waals surface area contributed by atoms with Gasteiger partial charge in [0, 0.05) is 35.0 Å². The third-order valence-electron chi connectivity index (χ3n) is 3.44. The smallest absolute Gasteiger partial charge is 0.265 e. The van der Waals surface area contributed by atoms with Crippen LogP contribution in [0.25, 0.3) is 11.1 Å². The van der Waals surface area contributed by atoms with Crippen LogP contribution in [0.3, 0.4) is 0 Å².